The lowest BCUT2D eigenvalue weighted by Gasteiger charge is -2.28. The Morgan fingerprint density at radius 1 is 0.745 bits per heavy atom. The Kier molecular flexibility index (Phi) is 15.5. The number of amides is 5. The van der Waals surface area contributed by atoms with Crippen molar-refractivity contribution >= 4 is 41.3 Å². The number of aliphatic hydroxyl groups excluding tert-OH is 1. The summed E-state index contributed by atoms with van der Waals surface area (Å²) in [6.07, 6.45) is -7.21. The zero-order valence-electron chi connectivity index (χ0n) is 28.1. The summed E-state index contributed by atoms with van der Waals surface area (Å²) in [5.41, 5.74) is 7.88. The van der Waals surface area contributed by atoms with Crippen molar-refractivity contribution in [1.82, 2.24) is 21.3 Å². The van der Waals surface area contributed by atoms with E-state index < -0.39 is 78.8 Å². The van der Waals surface area contributed by atoms with Crippen molar-refractivity contribution in [3.05, 3.63) is 96.1 Å². The van der Waals surface area contributed by atoms with E-state index in [4.69, 9.17) is 5.73 Å². The third kappa shape index (κ3) is 13.1. The molecule has 3 aromatic rings. The van der Waals surface area contributed by atoms with Crippen molar-refractivity contribution in [2.75, 3.05) is 12.0 Å². The van der Waals surface area contributed by atoms with Gasteiger partial charge >= 0.3 is 6.18 Å². The van der Waals surface area contributed by atoms with Gasteiger partial charge in [-0.1, -0.05) is 72.8 Å². The molecule has 7 N–H and O–H groups in total. The highest BCUT2D eigenvalue weighted by Crippen LogP contribution is 2.24. The second-order valence-electron chi connectivity index (χ2n) is 11.8. The molecule has 15 heteroatoms. The van der Waals surface area contributed by atoms with Crippen LogP contribution in [0.4, 0.5) is 13.2 Å². The minimum atomic E-state index is -5.11. The second kappa shape index (κ2) is 19.5. The van der Waals surface area contributed by atoms with Gasteiger partial charge in [0.05, 0.1) is 6.04 Å². The van der Waals surface area contributed by atoms with Gasteiger partial charge < -0.3 is 32.1 Å². The number of thioether (sulfide) groups is 1. The number of carbonyl (C=O) groups is 5. The molecule has 11 nitrogen and oxygen atoms in total. The number of hydrogen-bond donors (Lipinski definition) is 6. The maximum atomic E-state index is 13.7. The van der Waals surface area contributed by atoms with Crippen LogP contribution in [0.5, 0.6) is 0 Å². The van der Waals surface area contributed by atoms with E-state index in [2.05, 4.69) is 16.0 Å². The van der Waals surface area contributed by atoms with Crippen LogP contribution < -0.4 is 27.0 Å². The van der Waals surface area contributed by atoms with Gasteiger partial charge in [-0.3, -0.25) is 24.0 Å². The number of aliphatic hydroxyl groups is 1. The predicted octanol–water partition coefficient (Wildman–Crippen LogP) is 3.11. The molecule has 0 aliphatic heterocycles. The van der Waals surface area contributed by atoms with Crippen LogP contribution in [-0.2, 0) is 25.6 Å². The molecule has 0 saturated carbocycles. The van der Waals surface area contributed by atoms with Crippen LogP contribution in [0.2, 0.25) is 0 Å². The van der Waals surface area contributed by atoms with Gasteiger partial charge in [-0.25, -0.2) is 0 Å². The molecule has 0 aliphatic carbocycles. The molecule has 0 fully saturated rings. The highest BCUT2D eigenvalue weighted by atomic mass is 32.2. The van der Waals surface area contributed by atoms with Crippen LogP contribution >= 0.6 is 11.8 Å². The minimum absolute atomic E-state index is 0.0229. The first kappa shape index (κ1) is 40.5. The summed E-state index contributed by atoms with van der Waals surface area (Å²) in [6, 6.07) is 19.5. The summed E-state index contributed by atoms with van der Waals surface area (Å²) >= 11 is 1.45. The SMILES string of the molecule is CSCC[C@@H](NC(=O)c1ccc(-c2ccccc2)cc1)C(=O)N[C@@H](Cc1ccccc1)C(=O)N[C@@H](C)C(=O)NC(CCC(N)=O)C(O)C(F)(F)F. The first-order valence-electron chi connectivity index (χ1n) is 16.1. The number of rotatable bonds is 18. The molecule has 3 aromatic carbocycles. The van der Waals surface area contributed by atoms with Crippen LogP contribution in [0.25, 0.3) is 11.1 Å². The molecular formula is C36H42F3N5O6S. The smallest absolute Gasteiger partial charge is 0.382 e. The van der Waals surface area contributed by atoms with Gasteiger partial charge in [0.1, 0.15) is 18.1 Å². The van der Waals surface area contributed by atoms with Gasteiger partial charge in [0.2, 0.25) is 23.6 Å². The van der Waals surface area contributed by atoms with Crippen LogP contribution in [-0.4, -0.2) is 83.1 Å². The van der Waals surface area contributed by atoms with Crippen LogP contribution in [0.1, 0.15) is 42.1 Å². The molecule has 0 radical (unpaired) electrons. The number of halogens is 3. The van der Waals surface area contributed by atoms with Gasteiger partial charge in [0.25, 0.3) is 5.91 Å². The van der Waals surface area contributed by atoms with E-state index in [-0.39, 0.29) is 12.8 Å². The summed E-state index contributed by atoms with van der Waals surface area (Å²) in [4.78, 5) is 64.5. The number of alkyl halides is 3. The van der Waals surface area contributed by atoms with Crippen molar-refractivity contribution in [3.63, 3.8) is 0 Å². The Balaban J connectivity index is 1.75. The number of nitrogens with two attached hydrogens (primary N) is 1. The van der Waals surface area contributed by atoms with Gasteiger partial charge in [-0.2, -0.15) is 24.9 Å². The van der Waals surface area contributed by atoms with E-state index in [1.165, 1.54) is 18.7 Å². The molecule has 0 heterocycles. The number of benzene rings is 3. The van der Waals surface area contributed by atoms with Gasteiger partial charge in [-0.15, -0.1) is 0 Å². The molecule has 51 heavy (non-hydrogen) atoms. The van der Waals surface area contributed by atoms with Crippen LogP contribution in [0.15, 0.2) is 84.9 Å². The Bertz CT molecular complexity index is 1610. The molecule has 0 spiro atoms. The molecule has 5 amide bonds. The van der Waals surface area contributed by atoms with E-state index in [0.717, 1.165) is 11.1 Å². The summed E-state index contributed by atoms with van der Waals surface area (Å²) in [5, 5.41) is 19.6. The van der Waals surface area contributed by atoms with Gasteiger partial charge in [0, 0.05) is 18.4 Å². The third-order valence-electron chi connectivity index (χ3n) is 7.90. The average molecular weight is 730 g/mol. The molecule has 0 aromatic heterocycles. The normalized spacial score (nSPS) is 14.2. The fraction of sp³-hybridized carbons (Fsp3) is 0.361. The summed E-state index contributed by atoms with van der Waals surface area (Å²) in [6.45, 7) is 1.21. The number of carbonyl (C=O) groups excluding carboxylic acids is 5. The molecular weight excluding hydrogens is 687 g/mol. The topological polar surface area (TPSA) is 180 Å². The van der Waals surface area contributed by atoms with Crippen molar-refractivity contribution in [2.24, 2.45) is 5.73 Å². The molecule has 0 aliphatic rings. The standard InChI is InChI=1S/C36H42F3N5O6S/c1-22(32(47)42-27(17-18-30(40)45)31(46)36(37,38)39)41-35(50)29(21-23-9-5-3-6-10-23)44-34(49)28(19-20-51-2)43-33(48)26-15-13-25(14-16-26)24-11-7-4-8-12-24/h3-16,22,27-29,31,46H,17-21H2,1-2H3,(H2,40,45)(H,41,50)(H,42,47)(H,43,48)(H,44,49)/t22-,27?,28+,29-,31?/m0/s1. The molecule has 0 bridgehead atoms. The van der Waals surface area contributed by atoms with Crippen LogP contribution in [0, 0.1) is 0 Å². The largest absolute Gasteiger partial charge is 0.416 e. The first-order chi connectivity index (χ1) is 24.2. The molecule has 274 valence electrons. The Hall–Kier alpha value is -4.89. The highest BCUT2D eigenvalue weighted by Gasteiger charge is 2.44. The van der Waals surface area contributed by atoms with Crippen molar-refractivity contribution in [1.29, 1.82) is 0 Å². The molecule has 0 saturated heterocycles. The quantitative estimate of drug-likeness (QED) is 0.116. The van der Waals surface area contributed by atoms with Gasteiger partial charge in [-0.05, 0) is 60.6 Å². The van der Waals surface area contributed by atoms with Crippen molar-refractivity contribution in [2.45, 2.75) is 69.1 Å². The second-order valence-corrected chi connectivity index (χ2v) is 12.8. The van der Waals surface area contributed by atoms with E-state index in [0.29, 0.717) is 16.9 Å². The van der Waals surface area contributed by atoms with Crippen molar-refractivity contribution < 1.29 is 42.3 Å². The Labute approximate surface area is 298 Å². The maximum Gasteiger partial charge on any atom is 0.416 e. The van der Waals surface area contributed by atoms with Gasteiger partial charge in [0.15, 0.2) is 6.10 Å². The molecule has 3 rings (SSSR count). The lowest BCUT2D eigenvalue weighted by Crippen LogP contribution is -2.58. The van der Waals surface area contributed by atoms with E-state index in [9.17, 15) is 42.3 Å². The summed E-state index contributed by atoms with van der Waals surface area (Å²) in [5.74, 6) is -3.50. The number of primary amides is 1. The van der Waals surface area contributed by atoms with Crippen molar-refractivity contribution in [3.8, 4) is 11.1 Å². The average Bonchev–Trinajstić information content (AvgIpc) is 3.11. The number of hydrogen-bond acceptors (Lipinski definition) is 7. The Morgan fingerprint density at radius 3 is 1.88 bits per heavy atom. The zero-order chi connectivity index (χ0) is 37.6. The number of nitrogens with one attached hydrogen (secondary N) is 4. The summed E-state index contributed by atoms with van der Waals surface area (Å²) < 4.78 is 39.8. The Morgan fingerprint density at radius 2 is 1.31 bits per heavy atom. The monoisotopic (exact) mass is 729 g/mol. The minimum Gasteiger partial charge on any atom is -0.382 e. The molecule has 2 unspecified atom stereocenters. The zero-order valence-corrected chi connectivity index (χ0v) is 28.9. The lowest BCUT2D eigenvalue weighted by atomic mass is 10.0. The summed E-state index contributed by atoms with van der Waals surface area (Å²) in [7, 11) is 0. The predicted molar refractivity (Wildman–Crippen MR) is 188 cm³/mol. The fourth-order valence-corrected chi connectivity index (χ4v) is 5.52. The van der Waals surface area contributed by atoms with E-state index >= 15 is 0 Å². The highest BCUT2D eigenvalue weighted by molar-refractivity contribution is 7.98. The van der Waals surface area contributed by atoms with Crippen LogP contribution in [0.3, 0.4) is 0 Å². The first-order valence-corrected chi connectivity index (χ1v) is 17.5. The lowest BCUT2D eigenvalue weighted by molar-refractivity contribution is -0.212. The maximum absolute atomic E-state index is 13.7. The van der Waals surface area contributed by atoms with E-state index in [1.807, 2.05) is 41.9 Å². The molecule has 5 atom stereocenters. The fourth-order valence-electron chi connectivity index (χ4n) is 5.04. The van der Waals surface area contributed by atoms with E-state index in [1.54, 1.807) is 54.6 Å². The third-order valence-corrected chi connectivity index (χ3v) is 8.54.